The third-order valence-corrected chi connectivity index (χ3v) is 5.55. The lowest BCUT2D eigenvalue weighted by Gasteiger charge is -2.32. The fourth-order valence-electron chi connectivity index (χ4n) is 3.93. The zero-order valence-corrected chi connectivity index (χ0v) is 16.9. The van der Waals surface area contributed by atoms with Crippen LogP contribution in [0.4, 0.5) is 0 Å². The Balaban J connectivity index is 1.30. The Morgan fingerprint density at radius 1 is 1.07 bits per heavy atom. The van der Waals surface area contributed by atoms with E-state index in [0.717, 1.165) is 54.9 Å². The molecule has 0 saturated carbocycles. The van der Waals surface area contributed by atoms with Gasteiger partial charge in [-0.05, 0) is 42.7 Å². The number of piperidine rings is 1. The molecule has 152 valence electrons. The first-order valence-electron chi connectivity index (χ1n) is 9.98. The highest BCUT2D eigenvalue weighted by Crippen LogP contribution is 2.28. The molecule has 6 heteroatoms. The highest BCUT2D eigenvalue weighted by molar-refractivity contribution is 5.98. The van der Waals surface area contributed by atoms with Crippen molar-refractivity contribution >= 4 is 16.8 Å². The number of fused-ring (bicyclic) bond motifs is 1. The molecule has 1 amide bonds. The summed E-state index contributed by atoms with van der Waals surface area (Å²) in [6, 6.07) is 16.1. The number of nitrogens with one attached hydrogen (secondary N) is 2. The number of ether oxygens (including phenoxy) is 2. The number of H-pyrrole nitrogens is 1. The number of carbonyl (C=O) groups is 1. The number of aromatic amines is 1. The number of carbonyl (C=O) groups excluding carboxylic acids is 1. The molecule has 4 rings (SSSR count). The van der Waals surface area contributed by atoms with Gasteiger partial charge in [-0.2, -0.15) is 0 Å². The van der Waals surface area contributed by atoms with Crippen molar-refractivity contribution in [3.8, 4) is 11.5 Å². The van der Waals surface area contributed by atoms with E-state index in [1.54, 1.807) is 14.2 Å². The van der Waals surface area contributed by atoms with Gasteiger partial charge in [-0.15, -0.1) is 0 Å². The smallest absolute Gasteiger partial charge is 0.267 e. The van der Waals surface area contributed by atoms with Crippen molar-refractivity contribution in [2.75, 3.05) is 27.3 Å². The molecule has 2 aromatic carbocycles. The van der Waals surface area contributed by atoms with Gasteiger partial charge in [0.2, 0.25) is 0 Å². The van der Waals surface area contributed by atoms with Crippen LogP contribution in [0.1, 0.15) is 28.9 Å². The van der Waals surface area contributed by atoms with Crippen LogP contribution in [0.3, 0.4) is 0 Å². The van der Waals surface area contributed by atoms with Crippen molar-refractivity contribution in [1.29, 1.82) is 0 Å². The van der Waals surface area contributed by atoms with Crippen LogP contribution in [0.25, 0.3) is 10.9 Å². The van der Waals surface area contributed by atoms with Gasteiger partial charge in [0.25, 0.3) is 5.91 Å². The maximum Gasteiger partial charge on any atom is 0.267 e. The van der Waals surface area contributed by atoms with E-state index in [1.165, 1.54) is 5.56 Å². The Bertz CT molecular complexity index is 957. The molecule has 0 spiro atoms. The molecule has 29 heavy (non-hydrogen) atoms. The average Bonchev–Trinajstić information content (AvgIpc) is 3.19. The second-order valence-electron chi connectivity index (χ2n) is 7.48. The summed E-state index contributed by atoms with van der Waals surface area (Å²) >= 11 is 0. The quantitative estimate of drug-likeness (QED) is 0.672. The SMILES string of the molecule is COc1ccc(CN2CCC(NC(=O)c3cc4ccccc4[nH]3)CC2)cc1OC. The van der Waals surface area contributed by atoms with Crippen LogP contribution in [0, 0.1) is 0 Å². The molecule has 6 nitrogen and oxygen atoms in total. The van der Waals surface area contributed by atoms with Crippen molar-refractivity contribution in [2.45, 2.75) is 25.4 Å². The van der Waals surface area contributed by atoms with Crippen molar-refractivity contribution in [3.05, 3.63) is 59.8 Å². The minimum absolute atomic E-state index is 0.0282. The summed E-state index contributed by atoms with van der Waals surface area (Å²) in [7, 11) is 3.30. The molecular formula is C23H27N3O3. The van der Waals surface area contributed by atoms with Crippen LogP contribution in [0.5, 0.6) is 11.5 Å². The number of hydrogen-bond donors (Lipinski definition) is 2. The van der Waals surface area contributed by atoms with Crippen molar-refractivity contribution in [3.63, 3.8) is 0 Å². The lowest BCUT2D eigenvalue weighted by molar-refractivity contribution is 0.0904. The predicted octanol–water partition coefficient (Wildman–Crippen LogP) is 3.58. The summed E-state index contributed by atoms with van der Waals surface area (Å²) in [6.45, 7) is 2.76. The number of methoxy groups -OCH3 is 2. The Morgan fingerprint density at radius 3 is 2.55 bits per heavy atom. The summed E-state index contributed by atoms with van der Waals surface area (Å²) in [5, 5.41) is 4.24. The van der Waals surface area contributed by atoms with Gasteiger partial charge in [-0.1, -0.05) is 24.3 Å². The van der Waals surface area contributed by atoms with Gasteiger partial charge in [0.1, 0.15) is 5.69 Å². The van der Waals surface area contributed by atoms with Crippen LogP contribution in [-0.2, 0) is 6.54 Å². The van der Waals surface area contributed by atoms with Crippen LogP contribution in [0.15, 0.2) is 48.5 Å². The van der Waals surface area contributed by atoms with Gasteiger partial charge >= 0.3 is 0 Å². The number of hydrogen-bond acceptors (Lipinski definition) is 4. The molecule has 0 radical (unpaired) electrons. The van der Waals surface area contributed by atoms with E-state index in [2.05, 4.69) is 21.3 Å². The third kappa shape index (κ3) is 4.38. The van der Waals surface area contributed by atoms with Gasteiger partial charge in [0.05, 0.1) is 14.2 Å². The second-order valence-corrected chi connectivity index (χ2v) is 7.48. The van der Waals surface area contributed by atoms with Crippen molar-refractivity contribution in [2.24, 2.45) is 0 Å². The molecular weight excluding hydrogens is 366 g/mol. The standard InChI is InChI=1S/C23H27N3O3/c1-28-21-8-7-16(13-22(21)29-2)15-26-11-9-18(10-12-26)24-23(27)20-14-17-5-3-4-6-19(17)25-20/h3-8,13-14,18,25H,9-12,15H2,1-2H3,(H,24,27). The van der Waals surface area contributed by atoms with Crippen LogP contribution in [0.2, 0.25) is 0 Å². The van der Waals surface area contributed by atoms with Crippen molar-refractivity contribution < 1.29 is 14.3 Å². The highest BCUT2D eigenvalue weighted by atomic mass is 16.5. The Hall–Kier alpha value is -2.99. The Kier molecular flexibility index (Phi) is 5.71. The summed E-state index contributed by atoms with van der Waals surface area (Å²) in [4.78, 5) is 18.2. The minimum atomic E-state index is -0.0282. The Labute approximate surface area is 170 Å². The van der Waals surface area contributed by atoms with E-state index in [4.69, 9.17) is 9.47 Å². The van der Waals surface area contributed by atoms with Gasteiger partial charge in [-0.3, -0.25) is 9.69 Å². The number of aromatic nitrogens is 1. The number of para-hydroxylation sites is 1. The first kappa shape index (κ1) is 19.3. The number of amides is 1. The number of likely N-dealkylation sites (tertiary alicyclic amines) is 1. The fourth-order valence-corrected chi connectivity index (χ4v) is 3.93. The molecule has 2 N–H and O–H groups in total. The predicted molar refractivity (Wildman–Crippen MR) is 114 cm³/mol. The first-order valence-corrected chi connectivity index (χ1v) is 9.98. The lowest BCUT2D eigenvalue weighted by atomic mass is 10.0. The molecule has 0 aliphatic carbocycles. The normalized spacial score (nSPS) is 15.4. The maximum atomic E-state index is 12.6. The first-order chi connectivity index (χ1) is 14.2. The molecule has 1 aromatic heterocycles. The molecule has 0 unspecified atom stereocenters. The van der Waals surface area contributed by atoms with Gasteiger partial charge in [0, 0.05) is 36.6 Å². The molecule has 1 aliphatic rings. The fraction of sp³-hybridized carbons (Fsp3) is 0.348. The van der Waals surface area contributed by atoms with E-state index in [9.17, 15) is 4.79 Å². The monoisotopic (exact) mass is 393 g/mol. The molecule has 0 bridgehead atoms. The van der Waals surface area contributed by atoms with Gasteiger partial charge < -0.3 is 19.8 Å². The average molecular weight is 393 g/mol. The van der Waals surface area contributed by atoms with Crippen LogP contribution in [-0.4, -0.2) is 49.1 Å². The largest absolute Gasteiger partial charge is 0.493 e. The number of rotatable bonds is 6. The Morgan fingerprint density at radius 2 is 1.83 bits per heavy atom. The molecule has 0 atom stereocenters. The summed E-state index contributed by atoms with van der Waals surface area (Å²) in [5.74, 6) is 1.47. The minimum Gasteiger partial charge on any atom is -0.493 e. The zero-order chi connectivity index (χ0) is 20.2. The topological polar surface area (TPSA) is 66.6 Å². The second kappa shape index (κ2) is 8.57. The summed E-state index contributed by atoms with van der Waals surface area (Å²) in [6.07, 6.45) is 1.89. The zero-order valence-electron chi connectivity index (χ0n) is 16.9. The van der Waals surface area contributed by atoms with Gasteiger partial charge in [0.15, 0.2) is 11.5 Å². The number of nitrogens with zero attached hydrogens (tertiary/aromatic N) is 1. The summed E-state index contributed by atoms with van der Waals surface area (Å²) in [5.41, 5.74) is 2.81. The summed E-state index contributed by atoms with van der Waals surface area (Å²) < 4.78 is 10.7. The van der Waals surface area contributed by atoms with Gasteiger partial charge in [-0.25, -0.2) is 0 Å². The molecule has 2 heterocycles. The number of benzene rings is 2. The molecule has 1 fully saturated rings. The molecule has 3 aromatic rings. The molecule has 1 saturated heterocycles. The van der Waals surface area contributed by atoms with Crippen molar-refractivity contribution in [1.82, 2.24) is 15.2 Å². The third-order valence-electron chi connectivity index (χ3n) is 5.55. The lowest BCUT2D eigenvalue weighted by Crippen LogP contribution is -2.44. The van der Waals surface area contributed by atoms with Crippen LogP contribution >= 0.6 is 0 Å². The van der Waals surface area contributed by atoms with E-state index in [-0.39, 0.29) is 11.9 Å². The highest BCUT2D eigenvalue weighted by Gasteiger charge is 2.22. The maximum absolute atomic E-state index is 12.6. The van der Waals surface area contributed by atoms with E-state index >= 15 is 0 Å². The van der Waals surface area contributed by atoms with E-state index < -0.39 is 0 Å². The van der Waals surface area contributed by atoms with E-state index in [1.807, 2.05) is 42.5 Å². The van der Waals surface area contributed by atoms with Crippen LogP contribution < -0.4 is 14.8 Å². The van der Waals surface area contributed by atoms with E-state index in [0.29, 0.717) is 5.69 Å². The molecule has 1 aliphatic heterocycles.